The van der Waals surface area contributed by atoms with Crippen molar-refractivity contribution < 1.29 is 14.3 Å². The lowest BCUT2D eigenvalue weighted by molar-refractivity contribution is 0.102. The normalized spacial score (nSPS) is 15.2. The van der Waals surface area contributed by atoms with Gasteiger partial charge < -0.3 is 25.4 Å². The van der Waals surface area contributed by atoms with Gasteiger partial charge in [-0.2, -0.15) is 4.98 Å². The molecule has 0 radical (unpaired) electrons. The molecule has 0 atom stereocenters. The minimum Gasteiger partial charge on any atom is -0.454 e. The molecular weight excluding hydrogens is 418 g/mol. The largest absolute Gasteiger partial charge is 0.454 e. The summed E-state index contributed by atoms with van der Waals surface area (Å²) in [4.78, 5) is 21.8. The van der Waals surface area contributed by atoms with Gasteiger partial charge in [-0.05, 0) is 62.2 Å². The van der Waals surface area contributed by atoms with E-state index >= 15 is 0 Å². The molecule has 0 unspecified atom stereocenters. The predicted molar refractivity (Wildman–Crippen MR) is 128 cm³/mol. The molecule has 1 amide bonds. The highest BCUT2D eigenvalue weighted by molar-refractivity contribution is 6.04. The van der Waals surface area contributed by atoms with Crippen molar-refractivity contribution in [1.82, 2.24) is 9.97 Å². The van der Waals surface area contributed by atoms with Crippen molar-refractivity contribution in [2.75, 3.05) is 22.7 Å². The van der Waals surface area contributed by atoms with Crippen molar-refractivity contribution >= 4 is 29.0 Å². The lowest BCUT2D eigenvalue weighted by Gasteiger charge is -2.23. The Hall–Kier alpha value is -3.81. The Balaban J connectivity index is 1.22. The summed E-state index contributed by atoms with van der Waals surface area (Å²) in [5, 5.41) is 9.72. The van der Waals surface area contributed by atoms with Crippen LogP contribution in [0.4, 0.5) is 23.1 Å². The fraction of sp³-hybridized carbons (Fsp3) is 0.320. The first kappa shape index (κ1) is 21.1. The topological polar surface area (TPSA) is 97.4 Å². The van der Waals surface area contributed by atoms with Crippen molar-refractivity contribution in [2.24, 2.45) is 0 Å². The van der Waals surface area contributed by atoms with E-state index in [2.05, 4.69) is 25.9 Å². The minimum atomic E-state index is -0.209. The summed E-state index contributed by atoms with van der Waals surface area (Å²) in [5.41, 5.74) is 2.98. The maximum atomic E-state index is 12.6. The van der Waals surface area contributed by atoms with Gasteiger partial charge in [0, 0.05) is 34.7 Å². The fourth-order valence-corrected chi connectivity index (χ4v) is 4.15. The van der Waals surface area contributed by atoms with Crippen LogP contribution in [0, 0.1) is 6.92 Å². The Morgan fingerprint density at radius 1 is 0.909 bits per heavy atom. The van der Waals surface area contributed by atoms with Crippen molar-refractivity contribution in [3.63, 3.8) is 0 Å². The number of hydrogen-bond acceptors (Lipinski definition) is 7. The van der Waals surface area contributed by atoms with Gasteiger partial charge in [0.25, 0.3) is 5.91 Å². The minimum absolute atomic E-state index is 0.179. The number of rotatable bonds is 6. The number of aromatic nitrogens is 2. The van der Waals surface area contributed by atoms with E-state index in [-0.39, 0.29) is 12.7 Å². The standard InChI is InChI=1S/C25H27N5O3/c1-16-13-23(30-25(26-16)29-18-5-3-2-4-6-18)27-19-8-10-20(11-9-19)28-24(31)17-7-12-21-22(14-17)33-15-32-21/h7-14,18H,2-6,15H2,1H3,(H,28,31)(H2,26,27,29,30). The Morgan fingerprint density at radius 2 is 1.67 bits per heavy atom. The molecule has 0 bridgehead atoms. The number of nitrogens with one attached hydrogen (secondary N) is 3. The van der Waals surface area contributed by atoms with Crippen LogP contribution >= 0.6 is 0 Å². The van der Waals surface area contributed by atoms with Crippen molar-refractivity contribution in [2.45, 2.75) is 45.1 Å². The molecule has 3 aromatic rings. The van der Waals surface area contributed by atoms with E-state index in [1.54, 1.807) is 18.2 Å². The van der Waals surface area contributed by atoms with Gasteiger partial charge in [-0.15, -0.1) is 0 Å². The quantitative estimate of drug-likeness (QED) is 0.476. The number of fused-ring (bicyclic) bond motifs is 1. The Labute approximate surface area is 192 Å². The third kappa shape index (κ3) is 5.16. The molecule has 2 aliphatic rings. The molecule has 8 heteroatoms. The molecule has 0 spiro atoms. The van der Waals surface area contributed by atoms with Gasteiger partial charge in [0.15, 0.2) is 11.5 Å². The molecule has 170 valence electrons. The fourth-order valence-electron chi connectivity index (χ4n) is 4.15. The van der Waals surface area contributed by atoms with Crippen LogP contribution in [-0.2, 0) is 0 Å². The monoisotopic (exact) mass is 445 g/mol. The molecular formula is C25H27N5O3. The molecule has 1 aliphatic carbocycles. The Bertz CT molecular complexity index is 1140. The van der Waals surface area contributed by atoms with Gasteiger partial charge in [0.1, 0.15) is 5.82 Å². The smallest absolute Gasteiger partial charge is 0.255 e. The van der Waals surface area contributed by atoms with Crippen LogP contribution in [0.2, 0.25) is 0 Å². The molecule has 1 aliphatic heterocycles. The number of hydrogen-bond donors (Lipinski definition) is 3. The zero-order valence-corrected chi connectivity index (χ0v) is 18.6. The van der Waals surface area contributed by atoms with E-state index in [1.807, 2.05) is 37.3 Å². The molecule has 1 saturated carbocycles. The number of amides is 1. The lowest BCUT2D eigenvalue weighted by Crippen LogP contribution is -2.23. The van der Waals surface area contributed by atoms with Gasteiger partial charge in [-0.25, -0.2) is 4.98 Å². The first-order chi connectivity index (χ1) is 16.1. The van der Waals surface area contributed by atoms with Gasteiger partial charge >= 0.3 is 0 Å². The number of carbonyl (C=O) groups is 1. The molecule has 1 aromatic heterocycles. The number of nitrogens with zero attached hydrogens (tertiary/aromatic N) is 2. The highest BCUT2D eigenvalue weighted by Gasteiger charge is 2.17. The first-order valence-electron chi connectivity index (χ1n) is 11.3. The maximum Gasteiger partial charge on any atom is 0.255 e. The van der Waals surface area contributed by atoms with Crippen LogP contribution in [0.15, 0.2) is 48.5 Å². The highest BCUT2D eigenvalue weighted by atomic mass is 16.7. The number of aryl methyl sites for hydroxylation is 1. The average Bonchev–Trinajstić information content (AvgIpc) is 3.29. The Morgan fingerprint density at radius 3 is 2.48 bits per heavy atom. The summed E-state index contributed by atoms with van der Waals surface area (Å²) >= 11 is 0. The summed E-state index contributed by atoms with van der Waals surface area (Å²) in [5.74, 6) is 2.42. The van der Waals surface area contributed by atoms with E-state index < -0.39 is 0 Å². The molecule has 8 nitrogen and oxygen atoms in total. The van der Waals surface area contributed by atoms with Crippen LogP contribution in [-0.4, -0.2) is 28.7 Å². The summed E-state index contributed by atoms with van der Waals surface area (Å²) in [6, 6.07) is 15.0. The summed E-state index contributed by atoms with van der Waals surface area (Å²) in [6.45, 7) is 2.15. The third-order valence-electron chi connectivity index (χ3n) is 5.84. The number of ether oxygens (including phenoxy) is 2. The second-order valence-electron chi connectivity index (χ2n) is 8.42. The number of anilines is 4. The van der Waals surface area contributed by atoms with Crippen LogP contribution in [0.5, 0.6) is 11.5 Å². The van der Waals surface area contributed by atoms with Gasteiger partial charge in [0.2, 0.25) is 12.7 Å². The zero-order chi connectivity index (χ0) is 22.6. The van der Waals surface area contributed by atoms with E-state index in [0.29, 0.717) is 34.7 Å². The van der Waals surface area contributed by atoms with Gasteiger partial charge in [-0.3, -0.25) is 4.79 Å². The second kappa shape index (κ2) is 9.36. The first-order valence-corrected chi connectivity index (χ1v) is 11.3. The lowest BCUT2D eigenvalue weighted by atomic mass is 9.96. The second-order valence-corrected chi connectivity index (χ2v) is 8.42. The van der Waals surface area contributed by atoms with E-state index in [1.165, 1.54) is 32.1 Å². The summed E-state index contributed by atoms with van der Waals surface area (Å²) in [7, 11) is 0. The molecule has 1 fully saturated rings. The van der Waals surface area contributed by atoms with Gasteiger partial charge in [-0.1, -0.05) is 19.3 Å². The Kier molecular flexibility index (Phi) is 5.97. The molecule has 2 aromatic carbocycles. The molecule has 33 heavy (non-hydrogen) atoms. The van der Waals surface area contributed by atoms with E-state index in [9.17, 15) is 4.79 Å². The average molecular weight is 446 g/mol. The zero-order valence-electron chi connectivity index (χ0n) is 18.6. The van der Waals surface area contributed by atoms with Crippen molar-refractivity contribution in [1.29, 1.82) is 0 Å². The van der Waals surface area contributed by atoms with E-state index in [0.717, 1.165) is 17.2 Å². The molecule has 3 N–H and O–H groups in total. The highest BCUT2D eigenvalue weighted by Crippen LogP contribution is 2.32. The molecule has 0 saturated heterocycles. The summed E-state index contributed by atoms with van der Waals surface area (Å²) < 4.78 is 10.6. The van der Waals surface area contributed by atoms with Crippen molar-refractivity contribution in [3.05, 3.63) is 59.8 Å². The van der Waals surface area contributed by atoms with Crippen LogP contribution in [0.1, 0.15) is 48.2 Å². The maximum absolute atomic E-state index is 12.6. The van der Waals surface area contributed by atoms with Crippen molar-refractivity contribution in [3.8, 4) is 11.5 Å². The number of benzene rings is 2. The van der Waals surface area contributed by atoms with E-state index in [4.69, 9.17) is 9.47 Å². The SMILES string of the molecule is Cc1cc(Nc2ccc(NC(=O)c3ccc4c(c3)OCO4)cc2)nc(NC2CCCCC2)n1. The predicted octanol–water partition coefficient (Wildman–Crippen LogP) is 5.25. The third-order valence-corrected chi connectivity index (χ3v) is 5.84. The van der Waals surface area contributed by atoms with Crippen LogP contribution < -0.4 is 25.4 Å². The molecule has 5 rings (SSSR count). The summed E-state index contributed by atoms with van der Waals surface area (Å²) in [6.07, 6.45) is 6.16. The number of carbonyl (C=O) groups excluding carboxylic acids is 1. The van der Waals surface area contributed by atoms with Gasteiger partial charge in [0.05, 0.1) is 0 Å². The van der Waals surface area contributed by atoms with Crippen LogP contribution in [0.3, 0.4) is 0 Å². The van der Waals surface area contributed by atoms with Crippen LogP contribution in [0.25, 0.3) is 0 Å². The molecule has 2 heterocycles.